The highest BCUT2D eigenvalue weighted by atomic mass is 32.2. The Morgan fingerprint density at radius 3 is 2.42 bits per heavy atom. The lowest BCUT2D eigenvalue weighted by Crippen LogP contribution is -2.28. The van der Waals surface area contributed by atoms with Crippen molar-refractivity contribution in [3.05, 3.63) is 53.6 Å². The van der Waals surface area contributed by atoms with E-state index in [2.05, 4.69) is 19.6 Å². The van der Waals surface area contributed by atoms with E-state index in [1.807, 2.05) is 6.07 Å². The first kappa shape index (κ1) is 26.6. The van der Waals surface area contributed by atoms with E-state index < -0.39 is 22.1 Å². The Kier molecular flexibility index (Phi) is 7.21. The van der Waals surface area contributed by atoms with Gasteiger partial charge in [0.25, 0.3) is 5.91 Å². The predicted octanol–water partition coefficient (Wildman–Crippen LogP) is 4.52. The van der Waals surface area contributed by atoms with Crippen LogP contribution < -0.4 is 10.0 Å². The van der Waals surface area contributed by atoms with Crippen molar-refractivity contribution in [2.75, 3.05) is 7.05 Å². The lowest BCUT2D eigenvalue weighted by atomic mass is 9.80. The lowest BCUT2D eigenvalue weighted by Gasteiger charge is -2.29. The summed E-state index contributed by atoms with van der Waals surface area (Å²) in [6, 6.07) is 8.68. The number of amides is 1. The maximum absolute atomic E-state index is 13.1. The molecule has 12 heteroatoms. The number of hydrogen-bond acceptors (Lipinski definition) is 5. The number of pyridine rings is 1. The van der Waals surface area contributed by atoms with E-state index >= 15 is 0 Å². The Bertz CT molecular complexity index is 1420. The highest BCUT2D eigenvalue weighted by molar-refractivity contribution is 7.89. The third-order valence-corrected chi connectivity index (χ3v) is 8.92. The van der Waals surface area contributed by atoms with Crippen LogP contribution in [-0.2, 0) is 23.0 Å². The zero-order chi connectivity index (χ0) is 27.1. The Balaban J connectivity index is 1.27. The van der Waals surface area contributed by atoms with E-state index in [1.54, 1.807) is 18.2 Å². The number of nitrogens with zero attached hydrogens (tertiary/aromatic N) is 3. The van der Waals surface area contributed by atoms with E-state index in [0.717, 1.165) is 24.2 Å². The zero-order valence-electron chi connectivity index (χ0n) is 21.0. The highest BCUT2D eigenvalue weighted by Crippen LogP contribution is 2.42. The second-order valence-corrected chi connectivity index (χ2v) is 12.1. The molecule has 1 aromatic carbocycles. The van der Waals surface area contributed by atoms with Crippen molar-refractivity contribution in [3.63, 3.8) is 0 Å². The van der Waals surface area contributed by atoms with Crippen molar-refractivity contribution in [1.29, 1.82) is 0 Å². The number of sulfonamides is 1. The molecular weight excluding hydrogens is 519 g/mol. The molecule has 0 bridgehead atoms. The summed E-state index contributed by atoms with van der Waals surface area (Å²) in [4.78, 5) is 21.8. The predicted molar refractivity (Wildman–Crippen MR) is 135 cm³/mol. The fourth-order valence-electron chi connectivity index (χ4n) is 5.19. The van der Waals surface area contributed by atoms with E-state index in [4.69, 9.17) is 4.98 Å². The van der Waals surface area contributed by atoms with Gasteiger partial charge in [-0.3, -0.25) is 9.78 Å². The number of aromatic nitrogens is 3. The van der Waals surface area contributed by atoms with Crippen molar-refractivity contribution in [2.45, 2.75) is 68.6 Å². The molecule has 204 valence electrons. The largest absolute Gasteiger partial charge is 0.391 e. The van der Waals surface area contributed by atoms with Gasteiger partial charge in [-0.05, 0) is 81.8 Å². The minimum absolute atomic E-state index is 0.0379. The van der Waals surface area contributed by atoms with Gasteiger partial charge in [-0.1, -0.05) is 0 Å². The molecule has 2 aliphatic carbocycles. The lowest BCUT2D eigenvalue weighted by molar-refractivity contribution is -0.183. The SMILES string of the molecule is CNS(=O)(=O)c1ccc(CNC(=O)c2ccc3c(c2)nc(CC2CCC(C(F)(F)F)CC2)n3C2CC2)nc1. The molecule has 0 radical (unpaired) electrons. The number of fused-ring (bicyclic) bond motifs is 1. The van der Waals surface area contributed by atoms with Crippen LogP contribution in [0.1, 0.15) is 66.4 Å². The second kappa shape index (κ2) is 10.3. The summed E-state index contributed by atoms with van der Waals surface area (Å²) in [6.07, 6.45) is 1.28. The van der Waals surface area contributed by atoms with Gasteiger partial charge in [-0.15, -0.1) is 0 Å². The number of rotatable bonds is 8. The molecule has 0 aliphatic heterocycles. The van der Waals surface area contributed by atoms with Gasteiger partial charge in [0, 0.05) is 24.2 Å². The van der Waals surface area contributed by atoms with Crippen LogP contribution in [0.15, 0.2) is 41.4 Å². The van der Waals surface area contributed by atoms with Gasteiger partial charge in [0.15, 0.2) is 0 Å². The fraction of sp³-hybridized carbons (Fsp3) is 0.500. The second-order valence-electron chi connectivity index (χ2n) is 10.2. The maximum Gasteiger partial charge on any atom is 0.391 e. The van der Waals surface area contributed by atoms with Crippen LogP contribution in [0.3, 0.4) is 0 Å². The normalized spacial score (nSPS) is 20.5. The van der Waals surface area contributed by atoms with Crippen molar-refractivity contribution in [2.24, 2.45) is 11.8 Å². The maximum atomic E-state index is 13.1. The summed E-state index contributed by atoms with van der Waals surface area (Å²) in [7, 11) is -2.27. The molecule has 3 aromatic rings. The van der Waals surface area contributed by atoms with Gasteiger partial charge in [0.05, 0.1) is 29.2 Å². The standard InChI is InChI=1S/C26H30F3N5O3S/c1-30-38(36,37)21-10-7-19(31-15-21)14-32-25(35)17-4-11-23-22(13-17)33-24(34(23)20-8-9-20)12-16-2-5-18(6-3-16)26(27,28)29/h4,7,10-11,13,15-16,18,20,30H,2-3,5-6,8-9,12,14H2,1H3,(H,32,35). The number of benzene rings is 1. The molecular formula is C26H30F3N5O3S. The van der Waals surface area contributed by atoms with E-state index in [9.17, 15) is 26.4 Å². The summed E-state index contributed by atoms with van der Waals surface area (Å²) in [5, 5.41) is 2.80. The summed E-state index contributed by atoms with van der Waals surface area (Å²) in [6.45, 7) is 0.124. The Hall–Kier alpha value is -2.99. The van der Waals surface area contributed by atoms with Gasteiger partial charge in [-0.2, -0.15) is 13.2 Å². The third kappa shape index (κ3) is 5.70. The van der Waals surface area contributed by atoms with Gasteiger partial charge in [0.2, 0.25) is 10.0 Å². The summed E-state index contributed by atoms with van der Waals surface area (Å²) >= 11 is 0. The van der Waals surface area contributed by atoms with Gasteiger partial charge >= 0.3 is 6.18 Å². The van der Waals surface area contributed by atoms with Crippen LogP contribution in [0.25, 0.3) is 11.0 Å². The number of carbonyl (C=O) groups is 1. The van der Waals surface area contributed by atoms with Gasteiger partial charge in [-0.25, -0.2) is 18.1 Å². The minimum Gasteiger partial charge on any atom is -0.346 e. The van der Waals surface area contributed by atoms with E-state index in [0.29, 0.717) is 42.1 Å². The molecule has 0 unspecified atom stereocenters. The molecule has 38 heavy (non-hydrogen) atoms. The Labute approximate surface area is 219 Å². The van der Waals surface area contributed by atoms with Crippen LogP contribution in [0.5, 0.6) is 0 Å². The first-order valence-electron chi connectivity index (χ1n) is 12.8. The molecule has 0 atom stereocenters. The van der Waals surface area contributed by atoms with Crippen LogP contribution in [-0.4, -0.2) is 42.1 Å². The molecule has 2 N–H and O–H groups in total. The average molecular weight is 550 g/mol. The van der Waals surface area contributed by atoms with E-state index in [-0.39, 0.29) is 36.1 Å². The number of halogens is 3. The van der Waals surface area contributed by atoms with Crippen LogP contribution in [0.2, 0.25) is 0 Å². The Morgan fingerprint density at radius 1 is 1.08 bits per heavy atom. The number of alkyl halides is 3. The number of imidazole rings is 1. The Morgan fingerprint density at radius 2 is 1.82 bits per heavy atom. The van der Waals surface area contributed by atoms with Gasteiger partial charge < -0.3 is 9.88 Å². The highest BCUT2D eigenvalue weighted by Gasteiger charge is 2.41. The summed E-state index contributed by atoms with van der Waals surface area (Å²) in [5.74, 6) is -0.450. The third-order valence-electron chi connectivity index (χ3n) is 7.52. The van der Waals surface area contributed by atoms with Crippen molar-refractivity contribution >= 4 is 27.0 Å². The zero-order valence-corrected chi connectivity index (χ0v) is 21.8. The van der Waals surface area contributed by atoms with Crippen LogP contribution in [0, 0.1) is 11.8 Å². The molecule has 8 nitrogen and oxygen atoms in total. The molecule has 2 aliphatic rings. The minimum atomic E-state index is -4.12. The molecule has 2 saturated carbocycles. The smallest absolute Gasteiger partial charge is 0.346 e. The van der Waals surface area contributed by atoms with Crippen molar-refractivity contribution in [1.82, 2.24) is 24.6 Å². The number of nitrogens with one attached hydrogen (secondary N) is 2. The molecule has 5 rings (SSSR count). The number of carbonyl (C=O) groups excluding carboxylic acids is 1. The molecule has 1 amide bonds. The van der Waals surface area contributed by atoms with Crippen molar-refractivity contribution in [3.8, 4) is 0 Å². The first-order valence-corrected chi connectivity index (χ1v) is 14.3. The van der Waals surface area contributed by atoms with Crippen molar-refractivity contribution < 1.29 is 26.4 Å². The summed E-state index contributed by atoms with van der Waals surface area (Å²) in [5.41, 5.74) is 2.58. The quantitative estimate of drug-likeness (QED) is 0.430. The van der Waals surface area contributed by atoms with E-state index in [1.165, 1.54) is 19.3 Å². The fourth-order valence-corrected chi connectivity index (χ4v) is 5.87. The van der Waals surface area contributed by atoms with Gasteiger partial charge in [0.1, 0.15) is 10.7 Å². The molecule has 0 spiro atoms. The monoisotopic (exact) mass is 549 g/mol. The van der Waals surface area contributed by atoms with Crippen LogP contribution in [0.4, 0.5) is 13.2 Å². The number of hydrogen-bond donors (Lipinski definition) is 2. The topological polar surface area (TPSA) is 106 Å². The average Bonchev–Trinajstić information content (AvgIpc) is 3.67. The first-order chi connectivity index (χ1) is 18.0. The molecule has 0 saturated heterocycles. The van der Waals surface area contributed by atoms with Crippen LogP contribution >= 0.6 is 0 Å². The molecule has 2 heterocycles. The molecule has 2 fully saturated rings. The summed E-state index contributed by atoms with van der Waals surface area (Å²) < 4.78 is 67.3. The molecule has 2 aromatic heterocycles.